The smallest absolute Gasteiger partial charge is 0.357 e. The van der Waals surface area contributed by atoms with Crippen LogP contribution in [0, 0.1) is 0 Å². The molecule has 0 spiro atoms. The van der Waals surface area contributed by atoms with Gasteiger partial charge in [0.25, 0.3) is 0 Å². The van der Waals surface area contributed by atoms with Gasteiger partial charge in [0.05, 0.1) is 0 Å². The summed E-state index contributed by atoms with van der Waals surface area (Å²) >= 11 is 0. The number of hydrogen-bond acceptors (Lipinski definition) is 3. The minimum absolute atomic E-state index is 0.280. The van der Waals surface area contributed by atoms with Crippen molar-refractivity contribution in [2.75, 3.05) is 0 Å². The lowest BCUT2D eigenvalue weighted by Crippen LogP contribution is -2.19. The van der Waals surface area contributed by atoms with Crippen molar-refractivity contribution in [3.8, 4) is 0 Å². The first-order valence-electron chi connectivity index (χ1n) is 2.67. The van der Waals surface area contributed by atoms with Gasteiger partial charge in [-0.05, 0) is 13.8 Å². The molecule has 0 aliphatic carbocycles. The van der Waals surface area contributed by atoms with Crippen molar-refractivity contribution in [3.63, 3.8) is 0 Å². The molecule has 0 fully saturated rings. The Morgan fingerprint density at radius 1 is 1.36 bits per heavy atom. The number of carbonyl (C=O) groups is 1. The van der Waals surface area contributed by atoms with E-state index in [0.717, 1.165) is 0 Å². The average Bonchev–Trinajstić information content (AvgIpc) is 1.58. The van der Waals surface area contributed by atoms with E-state index >= 15 is 0 Å². The third-order valence-electron chi connectivity index (χ3n) is 0.401. The molecule has 68 valence electrons. The Balaban J connectivity index is 0. The summed E-state index contributed by atoms with van der Waals surface area (Å²) in [4.78, 5) is 9.50. The van der Waals surface area contributed by atoms with Crippen LogP contribution in [0.15, 0.2) is 0 Å². The first kappa shape index (κ1) is 13.0. The van der Waals surface area contributed by atoms with Gasteiger partial charge >= 0.3 is 10.4 Å². The molecule has 7 heteroatoms. The molecule has 0 aromatic heterocycles. The van der Waals surface area contributed by atoms with Gasteiger partial charge in [-0.3, -0.25) is 13.9 Å². The van der Waals surface area contributed by atoms with Crippen molar-refractivity contribution in [1.29, 1.82) is 0 Å². The topological polar surface area (TPSA) is 104 Å². The van der Waals surface area contributed by atoms with Crippen molar-refractivity contribution in [1.82, 2.24) is 5.32 Å². The second kappa shape index (κ2) is 6.08. The number of hydrogen-bond donors (Lipinski definition) is 3. The maximum Gasteiger partial charge on any atom is 0.394 e. The van der Waals surface area contributed by atoms with Crippen LogP contribution in [0.4, 0.5) is 0 Å². The van der Waals surface area contributed by atoms with E-state index in [1.54, 1.807) is 0 Å². The van der Waals surface area contributed by atoms with Crippen molar-refractivity contribution < 1.29 is 22.3 Å². The minimum atomic E-state index is -4.67. The number of amides is 1. The van der Waals surface area contributed by atoms with E-state index in [2.05, 4.69) is 5.32 Å². The van der Waals surface area contributed by atoms with Crippen LogP contribution in [-0.2, 0) is 15.2 Å². The second-order valence-electron chi connectivity index (χ2n) is 1.89. The maximum atomic E-state index is 9.50. The zero-order valence-electron chi connectivity index (χ0n) is 6.18. The Morgan fingerprint density at radius 2 is 1.64 bits per heavy atom. The molecule has 3 N–H and O–H groups in total. The number of carbonyl (C=O) groups excluding carboxylic acids is 1. The minimum Gasteiger partial charge on any atom is -0.357 e. The van der Waals surface area contributed by atoms with E-state index in [4.69, 9.17) is 17.5 Å². The van der Waals surface area contributed by atoms with Gasteiger partial charge in [-0.1, -0.05) is 0 Å². The zero-order valence-corrected chi connectivity index (χ0v) is 7.00. The van der Waals surface area contributed by atoms with Crippen LogP contribution in [0.25, 0.3) is 0 Å². The van der Waals surface area contributed by atoms with Crippen LogP contribution in [0.1, 0.15) is 13.8 Å². The highest BCUT2D eigenvalue weighted by Crippen LogP contribution is 1.67. The van der Waals surface area contributed by atoms with Gasteiger partial charge in [0.1, 0.15) is 0 Å². The molecule has 0 heterocycles. The van der Waals surface area contributed by atoms with E-state index in [-0.39, 0.29) is 6.04 Å². The van der Waals surface area contributed by atoms with Crippen LogP contribution in [0.5, 0.6) is 0 Å². The molecule has 0 aromatic carbocycles. The Hall–Kier alpha value is -0.660. The fourth-order valence-electron chi connectivity index (χ4n) is 0.136. The Kier molecular flexibility index (Phi) is 7.16. The molecule has 0 rings (SSSR count). The van der Waals surface area contributed by atoms with E-state index < -0.39 is 10.4 Å². The van der Waals surface area contributed by atoms with Crippen LogP contribution in [0.3, 0.4) is 0 Å². The van der Waals surface area contributed by atoms with E-state index in [0.29, 0.717) is 6.41 Å². The summed E-state index contributed by atoms with van der Waals surface area (Å²) < 4.78 is 31.6. The maximum absolute atomic E-state index is 9.50. The molecule has 11 heavy (non-hydrogen) atoms. The summed E-state index contributed by atoms with van der Waals surface area (Å²) in [5, 5.41) is 2.53. The highest BCUT2D eigenvalue weighted by atomic mass is 32.3. The fourth-order valence-corrected chi connectivity index (χ4v) is 0.136. The molecule has 0 saturated heterocycles. The fraction of sp³-hybridized carbons (Fsp3) is 0.750. The summed E-state index contributed by atoms with van der Waals surface area (Å²) in [7, 11) is -4.67. The molecule has 0 aromatic rings. The third-order valence-corrected chi connectivity index (χ3v) is 0.401. The summed E-state index contributed by atoms with van der Waals surface area (Å²) in [5.74, 6) is 0. The summed E-state index contributed by atoms with van der Waals surface area (Å²) in [6, 6.07) is 0.280. The van der Waals surface area contributed by atoms with Crippen molar-refractivity contribution >= 4 is 16.8 Å². The first-order valence-corrected chi connectivity index (χ1v) is 4.06. The summed E-state index contributed by atoms with van der Waals surface area (Å²) in [6.45, 7) is 3.82. The molecular formula is C4H11NO5S. The van der Waals surface area contributed by atoms with Gasteiger partial charge in [-0.15, -0.1) is 0 Å². The molecule has 0 aliphatic rings. The Bertz CT molecular complexity index is 177. The van der Waals surface area contributed by atoms with Crippen LogP contribution in [0.2, 0.25) is 0 Å². The van der Waals surface area contributed by atoms with Crippen molar-refractivity contribution in [2.24, 2.45) is 0 Å². The van der Waals surface area contributed by atoms with Gasteiger partial charge in [0.15, 0.2) is 0 Å². The number of nitrogens with one attached hydrogen (secondary N) is 1. The average molecular weight is 185 g/mol. The predicted octanol–water partition coefficient (Wildman–Crippen LogP) is -0.512. The molecule has 0 saturated carbocycles. The lowest BCUT2D eigenvalue weighted by molar-refractivity contribution is -0.109. The van der Waals surface area contributed by atoms with Gasteiger partial charge in [-0.2, -0.15) is 8.42 Å². The van der Waals surface area contributed by atoms with Crippen molar-refractivity contribution in [3.05, 3.63) is 0 Å². The molecule has 0 aliphatic heterocycles. The normalized spacial score (nSPS) is 9.91. The summed E-state index contributed by atoms with van der Waals surface area (Å²) in [6.07, 6.45) is 0.699. The zero-order chi connectivity index (χ0) is 9.49. The van der Waals surface area contributed by atoms with Crippen LogP contribution in [-0.4, -0.2) is 30.0 Å². The van der Waals surface area contributed by atoms with Crippen LogP contribution >= 0.6 is 0 Å². The SMILES string of the molecule is CC(C)NC=O.O=S(=O)(O)O. The standard InChI is InChI=1S/C4H9NO.H2O4S/c1-4(2)5-3-6;1-5(2,3)4/h3-4H,1-2H3,(H,5,6);(H2,1,2,3,4). The monoisotopic (exact) mass is 185 g/mol. The third kappa shape index (κ3) is 91.9. The summed E-state index contributed by atoms with van der Waals surface area (Å²) in [5.41, 5.74) is 0. The molecule has 0 unspecified atom stereocenters. The lowest BCUT2D eigenvalue weighted by Gasteiger charge is -1.96. The quantitative estimate of drug-likeness (QED) is 0.397. The van der Waals surface area contributed by atoms with Gasteiger partial charge in [-0.25, -0.2) is 0 Å². The van der Waals surface area contributed by atoms with E-state index in [1.165, 1.54) is 0 Å². The molecule has 0 radical (unpaired) electrons. The van der Waals surface area contributed by atoms with E-state index in [9.17, 15) is 4.79 Å². The van der Waals surface area contributed by atoms with Gasteiger partial charge < -0.3 is 5.32 Å². The molecule has 0 bridgehead atoms. The predicted molar refractivity (Wildman–Crippen MR) is 38.5 cm³/mol. The van der Waals surface area contributed by atoms with Crippen molar-refractivity contribution in [2.45, 2.75) is 19.9 Å². The number of rotatable bonds is 2. The van der Waals surface area contributed by atoms with Gasteiger partial charge in [0.2, 0.25) is 6.41 Å². The largest absolute Gasteiger partial charge is 0.394 e. The molecule has 6 nitrogen and oxygen atoms in total. The van der Waals surface area contributed by atoms with E-state index in [1.807, 2.05) is 13.8 Å². The Morgan fingerprint density at radius 3 is 1.64 bits per heavy atom. The lowest BCUT2D eigenvalue weighted by atomic mass is 10.4. The highest BCUT2D eigenvalue weighted by Gasteiger charge is 1.84. The molecular weight excluding hydrogens is 174 g/mol. The molecule has 0 atom stereocenters. The second-order valence-corrected chi connectivity index (χ2v) is 2.78. The van der Waals surface area contributed by atoms with Crippen LogP contribution < -0.4 is 5.32 Å². The first-order chi connectivity index (χ1) is 4.77. The Labute approximate surface area is 65.2 Å². The van der Waals surface area contributed by atoms with Gasteiger partial charge in [0, 0.05) is 6.04 Å². The molecule has 1 amide bonds. The highest BCUT2D eigenvalue weighted by molar-refractivity contribution is 7.79.